The van der Waals surface area contributed by atoms with E-state index in [1.165, 1.54) is 7.11 Å². The van der Waals surface area contributed by atoms with Crippen molar-refractivity contribution in [2.24, 2.45) is 7.05 Å². The van der Waals surface area contributed by atoms with Gasteiger partial charge in [0, 0.05) is 28.5 Å². The second-order valence-electron chi connectivity index (χ2n) is 7.69. The SMILES string of the molecule is COC(=O)Cc1c2ccc(OCc3cccc(-c4cccc(Cl)c4C)c3)cc2c(O)n1C. The monoisotopic (exact) mass is 449 g/mol. The molecular formula is C26H24ClNO4. The molecule has 0 aliphatic rings. The van der Waals surface area contributed by atoms with Crippen molar-refractivity contribution >= 4 is 28.3 Å². The summed E-state index contributed by atoms with van der Waals surface area (Å²) in [5, 5.41) is 12.7. The van der Waals surface area contributed by atoms with Crippen molar-refractivity contribution in [2.75, 3.05) is 7.11 Å². The largest absolute Gasteiger partial charge is 0.494 e. The fourth-order valence-corrected chi connectivity index (χ4v) is 4.05. The smallest absolute Gasteiger partial charge is 0.311 e. The summed E-state index contributed by atoms with van der Waals surface area (Å²) in [6, 6.07) is 19.5. The molecule has 0 aliphatic heterocycles. The highest BCUT2D eigenvalue weighted by Crippen LogP contribution is 2.34. The lowest BCUT2D eigenvalue weighted by molar-refractivity contribution is -0.139. The Hall–Kier alpha value is -3.44. The number of rotatable bonds is 6. The average Bonchev–Trinajstić information content (AvgIpc) is 3.04. The van der Waals surface area contributed by atoms with Crippen LogP contribution in [0.5, 0.6) is 11.6 Å². The maximum atomic E-state index is 11.7. The molecule has 0 radical (unpaired) electrons. The molecule has 3 aromatic carbocycles. The summed E-state index contributed by atoms with van der Waals surface area (Å²) >= 11 is 6.28. The molecule has 1 N–H and O–H groups in total. The van der Waals surface area contributed by atoms with Crippen molar-refractivity contribution in [3.8, 4) is 22.8 Å². The number of fused-ring (bicyclic) bond motifs is 1. The zero-order valence-electron chi connectivity index (χ0n) is 18.2. The lowest BCUT2D eigenvalue weighted by Gasteiger charge is -2.11. The lowest BCUT2D eigenvalue weighted by Crippen LogP contribution is -2.08. The Bertz CT molecular complexity index is 1310. The third kappa shape index (κ3) is 4.16. The van der Waals surface area contributed by atoms with E-state index in [4.69, 9.17) is 21.1 Å². The van der Waals surface area contributed by atoms with Crippen LogP contribution in [0.15, 0.2) is 60.7 Å². The molecule has 4 rings (SSSR count). The standard InChI is InChI=1S/C26H24ClNO4/c1-16-20(8-5-9-23(16)27)18-7-4-6-17(12-18)15-32-19-10-11-21-22(13-19)26(30)28(2)24(21)14-25(29)31-3/h4-13,30H,14-15H2,1-3H3. The molecule has 6 heteroatoms. The average molecular weight is 450 g/mol. The van der Waals surface area contributed by atoms with Gasteiger partial charge < -0.3 is 19.1 Å². The number of ether oxygens (including phenoxy) is 2. The minimum absolute atomic E-state index is 0.0833. The van der Waals surface area contributed by atoms with Gasteiger partial charge >= 0.3 is 5.97 Å². The molecule has 0 saturated carbocycles. The number of carbonyl (C=O) groups excluding carboxylic acids is 1. The van der Waals surface area contributed by atoms with Gasteiger partial charge in [0.2, 0.25) is 0 Å². The van der Waals surface area contributed by atoms with Crippen molar-refractivity contribution in [3.63, 3.8) is 0 Å². The Morgan fingerprint density at radius 1 is 1.06 bits per heavy atom. The molecule has 1 aromatic heterocycles. The van der Waals surface area contributed by atoms with Crippen LogP contribution in [0.4, 0.5) is 0 Å². The zero-order valence-corrected chi connectivity index (χ0v) is 18.9. The molecule has 0 bridgehead atoms. The van der Waals surface area contributed by atoms with Crippen molar-refractivity contribution in [1.29, 1.82) is 0 Å². The molecule has 0 atom stereocenters. The fraction of sp³-hybridized carbons (Fsp3) is 0.192. The Morgan fingerprint density at radius 3 is 2.62 bits per heavy atom. The molecule has 4 aromatic rings. The normalized spacial score (nSPS) is 11.0. The summed E-state index contributed by atoms with van der Waals surface area (Å²) in [4.78, 5) is 11.7. The summed E-state index contributed by atoms with van der Waals surface area (Å²) in [6.07, 6.45) is 0.0833. The Labute approximate surface area is 191 Å². The second-order valence-corrected chi connectivity index (χ2v) is 8.10. The number of aromatic nitrogens is 1. The van der Waals surface area contributed by atoms with Crippen LogP contribution in [0.1, 0.15) is 16.8 Å². The molecule has 1 heterocycles. The molecule has 0 amide bonds. The minimum atomic E-state index is -0.359. The quantitative estimate of drug-likeness (QED) is 0.377. The predicted octanol–water partition coefficient (Wildman–Crippen LogP) is 5.81. The van der Waals surface area contributed by atoms with E-state index in [-0.39, 0.29) is 18.3 Å². The first-order chi connectivity index (χ1) is 15.4. The van der Waals surface area contributed by atoms with Crippen molar-refractivity contribution < 1.29 is 19.4 Å². The molecule has 0 unspecified atom stereocenters. The number of benzene rings is 3. The van der Waals surface area contributed by atoms with E-state index in [9.17, 15) is 9.90 Å². The maximum absolute atomic E-state index is 11.7. The first kappa shape index (κ1) is 21.8. The van der Waals surface area contributed by atoms with E-state index in [1.807, 2.05) is 43.3 Å². The molecule has 32 heavy (non-hydrogen) atoms. The third-order valence-corrected chi connectivity index (χ3v) is 6.13. The van der Waals surface area contributed by atoms with Crippen molar-refractivity contribution in [2.45, 2.75) is 20.0 Å². The maximum Gasteiger partial charge on any atom is 0.311 e. The van der Waals surface area contributed by atoms with Gasteiger partial charge in [-0.15, -0.1) is 0 Å². The van der Waals surface area contributed by atoms with Gasteiger partial charge in [0.05, 0.1) is 13.5 Å². The molecular weight excluding hydrogens is 426 g/mol. The van der Waals surface area contributed by atoms with Gasteiger partial charge in [-0.2, -0.15) is 0 Å². The fourth-order valence-electron chi connectivity index (χ4n) is 3.88. The van der Waals surface area contributed by atoms with Gasteiger partial charge in [0.25, 0.3) is 0 Å². The molecule has 0 spiro atoms. The summed E-state index contributed by atoms with van der Waals surface area (Å²) in [5.74, 6) is 0.359. The van der Waals surface area contributed by atoms with Crippen molar-refractivity contribution in [1.82, 2.24) is 4.57 Å². The number of halogens is 1. The van der Waals surface area contributed by atoms with E-state index in [2.05, 4.69) is 18.2 Å². The van der Waals surface area contributed by atoms with Gasteiger partial charge in [0.15, 0.2) is 5.88 Å². The van der Waals surface area contributed by atoms with Crippen LogP contribution in [-0.4, -0.2) is 22.8 Å². The van der Waals surface area contributed by atoms with Gasteiger partial charge in [-0.25, -0.2) is 0 Å². The summed E-state index contributed by atoms with van der Waals surface area (Å²) < 4.78 is 12.4. The number of carbonyl (C=O) groups is 1. The predicted molar refractivity (Wildman–Crippen MR) is 126 cm³/mol. The lowest BCUT2D eigenvalue weighted by atomic mass is 9.99. The van der Waals surface area contributed by atoms with E-state index in [0.717, 1.165) is 32.7 Å². The van der Waals surface area contributed by atoms with Crippen LogP contribution in [0.25, 0.3) is 21.9 Å². The number of aromatic hydroxyl groups is 1. The minimum Gasteiger partial charge on any atom is -0.494 e. The highest BCUT2D eigenvalue weighted by Gasteiger charge is 2.17. The van der Waals surface area contributed by atoms with Crippen LogP contribution in [0, 0.1) is 6.92 Å². The Kier molecular flexibility index (Phi) is 6.10. The Morgan fingerprint density at radius 2 is 1.84 bits per heavy atom. The van der Waals surface area contributed by atoms with Gasteiger partial charge in [-0.3, -0.25) is 4.79 Å². The topological polar surface area (TPSA) is 60.7 Å². The molecule has 0 fully saturated rings. The van der Waals surface area contributed by atoms with Crippen LogP contribution in [0.2, 0.25) is 5.02 Å². The van der Waals surface area contributed by atoms with Crippen molar-refractivity contribution in [3.05, 3.63) is 82.5 Å². The first-order valence-corrected chi connectivity index (χ1v) is 10.6. The molecule has 0 saturated heterocycles. The molecule has 164 valence electrons. The van der Waals surface area contributed by atoms with E-state index in [0.29, 0.717) is 23.4 Å². The number of hydrogen-bond acceptors (Lipinski definition) is 4. The number of nitrogens with zero attached hydrogens (tertiary/aromatic N) is 1. The van der Waals surface area contributed by atoms with Crippen LogP contribution in [-0.2, 0) is 29.6 Å². The van der Waals surface area contributed by atoms with Gasteiger partial charge in [-0.1, -0.05) is 41.9 Å². The van der Waals surface area contributed by atoms with Crippen LogP contribution >= 0.6 is 11.6 Å². The molecule has 0 aliphatic carbocycles. The number of hydrogen-bond donors (Lipinski definition) is 1. The molecule has 5 nitrogen and oxygen atoms in total. The van der Waals surface area contributed by atoms with Crippen LogP contribution < -0.4 is 4.74 Å². The summed E-state index contributed by atoms with van der Waals surface area (Å²) in [6.45, 7) is 2.39. The van der Waals surface area contributed by atoms with Crippen LogP contribution in [0.3, 0.4) is 0 Å². The first-order valence-electron chi connectivity index (χ1n) is 10.2. The number of methoxy groups -OCH3 is 1. The van der Waals surface area contributed by atoms with E-state index >= 15 is 0 Å². The zero-order chi connectivity index (χ0) is 22.8. The Balaban J connectivity index is 1.57. The highest BCUT2D eigenvalue weighted by atomic mass is 35.5. The van der Waals surface area contributed by atoms with Gasteiger partial charge in [0.1, 0.15) is 12.4 Å². The van der Waals surface area contributed by atoms with Gasteiger partial charge in [-0.05, 0) is 59.5 Å². The van der Waals surface area contributed by atoms with E-state index < -0.39 is 0 Å². The third-order valence-electron chi connectivity index (χ3n) is 5.72. The summed E-state index contributed by atoms with van der Waals surface area (Å²) in [7, 11) is 3.07. The summed E-state index contributed by atoms with van der Waals surface area (Å²) in [5.41, 5.74) is 4.92. The highest BCUT2D eigenvalue weighted by molar-refractivity contribution is 6.31. The van der Waals surface area contributed by atoms with E-state index in [1.54, 1.807) is 17.7 Å². The number of esters is 1. The second kappa shape index (κ2) is 8.97.